The molecule has 2 unspecified atom stereocenters. The van der Waals surface area contributed by atoms with Gasteiger partial charge in [-0.05, 0) is 12.5 Å². The van der Waals surface area contributed by atoms with E-state index in [0.717, 1.165) is 5.56 Å². The third-order valence-electron chi connectivity index (χ3n) is 2.85. The summed E-state index contributed by atoms with van der Waals surface area (Å²) in [5, 5.41) is 9.33. The van der Waals surface area contributed by atoms with Gasteiger partial charge in [0, 0.05) is 6.54 Å². The van der Waals surface area contributed by atoms with Gasteiger partial charge < -0.3 is 14.7 Å². The van der Waals surface area contributed by atoms with Gasteiger partial charge in [-0.1, -0.05) is 30.3 Å². The van der Waals surface area contributed by atoms with Crippen molar-refractivity contribution in [3.8, 4) is 0 Å². The molecule has 0 spiro atoms. The summed E-state index contributed by atoms with van der Waals surface area (Å²) < 4.78 is 4.87. The first kappa shape index (κ1) is 11.1. The quantitative estimate of drug-likeness (QED) is 0.808. The highest BCUT2D eigenvalue weighted by atomic mass is 16.6. The predicted molar refractivity (Wildman–Crippen MR) is 58.5 cm³/mol. The number of rotatable bonds is 2. The average Bonchev–Trinajstić information content (AvgIpc) is 2.33. The molecule has 1 aliphatic heterocycles. The Morgan fingerprint density at radius 1 is 1.44 bits per heavy atom. The molecule has 1 aromatic carbocycles. The van der Waals surface area contributed by atoms with Crippen LogP contribution in [0.1, 0.15) is 18.5 Å². The summed E-state index contributed by atoms with van der Waals surface area (Å²) >= 11 is 0. The van der Waals surface area contributed by atoms with Gasteiger partial charge in [-0.3, -0.25) is 4.79 Å². The fraction of sp³-hybridized carbons (Fsp3) is 0.417. The van der Waals surface area contributed by atoms with Crippen LogP contribution in [0.15, 0.2) is 30.3 Å². The van der Waals surface area contributed by atoms with Crippen LogP contribution >= 0.6 is 0 Å². The standard InChI is InChI=1S/C12H15NO3/c1-9(10-5-3-2-4-6-10)13-7-8-16-12(15)11(13)14/h2-6,9,12,15H,7-8H2,1H3. The SMILES string of the molecule is CC(c1ccccc1)N1CCOC(O)C1=O. The van der Waals surface area contributed by atoms with Crippen molar-refractivity contribution in [2.45, 2.75) is 19.3 Å². The Balaban J connectivity index is 2.15. The van der Waals surface area contributed by atoms with E-state index in [2.05, 4.69) is 0 Å². The summed E-state index contributed by atoms with van der Waals surface area (Å²) in [6.45, 7) is 2.85. The van der Waals surface area contributed by atoms with E-state index in [1.165, 1.54) is 0 Å². The van der Waals surface area contributed by atoms with Crippen molar-refractivity contribution in [2.75, 3.05) is 13.2 Å². The number of hydrogen-bond acceptors (Lipinski definition) is 3. The van der Waals surface area contributed by atoms with Gasteiger partial charge in [0.15, 0.2) is 0 Å². The van der Waals surface area contributed by atoms with Crippen LogP contribution in [-0.2, 0) is 9.53 Å². The number of carbonyl (C=O) groups is 1. The molecule has 0 bridgehead atoms. The molecule has 1 N–H and O–H groups in total. The highest BCUT2D eigenvalue weighted by Gasteiger charge is 2.31. The molecule has 0 aromatic heterocycles. The zero-order chi connectivity index (χ0) is 11.5. The van der Waals surface area contributed by atoms with Crippen molar-refractivity contribution < 1.29 is 14.6 Å². The molecule has 1 amide bonds. The maximum absolute atomic E-state index is 11.7. The molecular formula is C12H15NO3. The molecule has 1 saturated heterocycles. The van der Waals surface area contributed by atoms with E-state index in [1.54, 1.807) is 4.90 Å². The average molecular weight is 221 g/mol. The van der Waals surface area contributed by atoms with E-state index in [1.807, 2.05) is 37.3 Å². The van der Waals surface area contributed by atoms with Gasteiger partial charge in [0.25, 0.3) is 5.91 Å². The van der Waals surface area contributed by atoms with Crippen LogP contribution in [0.3, 0.4) is 0 Å². The number of carbonyl (C=O) groups excluding carboxylic acids is 1. The van der Waals surface area contributed by atoms with E-state index in [0.29, 0.717) is 13.2 Å². The van der Waals surface area contributed by atoms with E-state index in [9.17, 15) is 9.90 Å². The molecule has 1 fully saturated rings. The number of nitrogens with zero attached hydrogens (tertiary/aromatic N) is 1. The van der Waals surface area contributed by atoms with E-state index >= 15 is 0 Å². The van der Waals surface area contributed by atoms with Crippen LogP contribution in [0, 0.1) is 0 Å². The first-order valence-corrected chi connectivity index (χ1v) is 5.35. The summed E-state index contributed by atoms with van der Waals surface area (Å²) in [7, 11) is 0. The number of morpholine rings is 1. The topological polar surface area (TPSA) is 49.8 Å². The van der Waals surface area contributed by atoms with Crippen molar-refractivity contribution in [3.63, 3.8) is 0 Å². The fourth-order valence-corrected chi connectivity index (χ4v) is 1.88. The summed E-state index contributed by atoms with van der Waals surface area (Å²) in [5.74, 6) is -0.359. The van der Waals surface area contributed by atoms with E-state index in [4.69, 9.17) is 4.74 Å². The second-order valence-electron chi connectivity index (χ2n) is 3.84. The number of amides is 1. The van der Waals surface area contributed by atoms with Crippen LogP contribution in [-0.4, -0.2) is 35.4 Å². The Morgan fingerprint density at radius 2 is 2.12 bits per heavy atom. The van der Waals surface area contributed by atoms with Crippen LogP contribution in [0.25, 0.3) is 0 Å². The molecule has 2 atom stereocenters. The summed E-state index contributed by atoms with van der Waals surface area (Å²) in [5.41, 5.74) is 1.06. The molecule has 0 saturated carbocycles. The normalized spacial score (nSPS) is 23.2. The minimum atomic E-state index is -1.31. The van der Waals surface area contributed by atoms with E-state index in [-0.39, 0.29) is 11.9 Å². The zero-order valence-corrected chi connectivity index (χ0v) is 9.17. The van der Waals surface area contributed by atoms with Crippen molar-refractivity contribution in [1.82, 2.24) is 4.90 Å². The first-order valence-electron chi connectivity index (χ1n) is 5.35. The number of aliphatic hydroxyl groups excluding tert-OH is 1. The Morgan fingerprint density at radius 3 is 2.81 bits per heavy atom. The zero-order valence-electron chi connectivity index (χ0n) is 9.17. The summed E-state index contributed by atoms with van der Waals surface area (Å²) in [6.07, 6.45) is -1.31. The Labute approximate surface area is 94.4 Å². The molecule has 0 aliphatic carbocycles. The minimum Gasteiger partial charge on any atom is -0.361 e. The molecule has 1 aromatic rings. The fourth-order valence-electron chi connectivity index (χ4n) is 1.88. The van der Waals surface area contributed by atoms with Crippen LogP contribution < -0.4 is 0 Å². The smallest absolute Gasteiger partial charge is 0.279 e. The number of ether oxygens (including phenoxy) is 1. The third kappa shape index (κ3) is 2.08. The van der Waals surface area contributed by atoms with Crippen molar-refractivity contribution in [2.24, 2.45) is 0 Å². The first-order chi connectivity index (χ1) is 7.70. The number of benzene rings is 1. The minimum absolute atomic E-state index is 0.0350. The highest BCUT2D eigenvalue weighted by molar-refractivity contribution is 5.80. The molecule has 16 heavy (non-hydrogen) atoms. The largest absolute Gasteiger partial charge is 0.361 e. The summed E-state index contributed by atoms with van der Waals surface area (Å²) in [6, 6.07) is 9.72. The second kappa shape index (κ2) is 4.63. The molecule has 4 heteroatoms. The molecule has 0 radical (unpaired) electrons. The Bertz CT molecular complexity index is 366. The van der Waals surface area contributed by atoms with Crippen LogP contribution in [0.2, 0.25) is 0 Å². The van der Waals surface area contributed by atoms with Crippen molar-refractivity contribution in [1.29, 1.82) is 0 Å². The van der Waals surface area contributed by atoms with Crippen molar-refractivity contribution >= 4 is 5.91 Å². The molecule has 1 aliphatic rings. The molecule has 4 nitrogen and oxygen atoms in total. The van der Waals surface area contributed by atoms with Gasteiger partial charge in [-0.2, -0.15) is 0 Å². The number of hydrogen-bond donors (Lipinski definition) is 1. The van der Waals surface area contributed by atoms with Crippen LogP contribution in [0.4, 0.5) is 0 Å². The summed E-state index contributed by atoms with van der Waals surface area (Å²) in [4.78, 5) is 13.3. The van der Waals surface area contributed by atoms with Gasteiger partial charge in [-0.15, -0.1) is 0 Å². The van der Waals surface area contributed by atoms with Crippen molar-refractivity contribution in [3.05, 3.63) is 35.9 Å². The molecule has 1 heterocycles. The monoisotopic (exact) mass is 221 g/mol. The van der Waals surface area contributed by atoms with Gasteiger partial charge in [0.05, 0.1) is 12.6 Å². The molecule has 2 rings (SSSR count). The highest BCUT2D eigenvalue weighted by Crippen LogP contribution is 2.22. The lowest BCUT2D eigenvalue weighted by molar-refractivity contribution is -0.186. The Kier molecular flexibility index (Phi) is 3.22. The predicted octanol–water partition coefficient (Wildman–Crippen LogP) is 0.925. The molecular weight excluding hydrogens is 206 g/mol. The lowest BCUT2D eigenvalue weighted by Crippen LogP contribution is -2.48. The van der Waals surface area contributed by atoms with Gasteiger partial charge >= 0.3 is 0 Å². The maximum atomic E-state index is 11.7. The second-order valence-corrected chi connectivity index (χ2v) is 3.84. The van der Waals surface area contributed by atoms with Gasteiger partial charge in [0.1, 0.15) is 0 Å². The van der Waals surface area contributed by atoms with Gasteiger partial charge in [0.2, 0.25) is 6.29 Å². The lowest BCUT2D eigenvalue weighted by atomic mass is 10.1. The Hall–Kier alpha value is -1.39. The van der Waals surface area contributed by atoms with E-state index < -0.39 is 6.29 Å². The maximum Gasteiger partial charge on any atom is 0.279 e. The van der Waals surface area contributed by atoms with Crippen LogP contribution in [0.5, 0.6) is 0 Å². The lowest BCUT2D eigenvalue weighted by Gasteiger charge is -2.34. The van der Waals surface area contributed by atoms with Gasteiger partial charge in [-0.25, -0.2) is 0 Å². The number of aliphatic hydroxyl groups is 1. The third-order valence-corrected chi connectivity index (χ3v) is 2.85. The molecule has 86 valence electrons.